The van der Waals surface area contributed by atoms with Gasteiger partial charge >= 0.3 is 0 Å². The summed E-state index contributed by atoms with van der Waals surface area (Å²) in [6.07, 6.45) is 5.63. The molecule has 4 aromatic heterocycles. The first-order chi connectivity index (χ1) is 40.6. The van der Waals surface area contributed by atoms with Crippen molar-refractivity contribution in [3.63, 3.8) is 0 Å². The molecule has 0 aliphatic rings. The Labute approximate surface area is 462 Å². The number of rotatable bonds is 9. The van der Waals surface area contributed by atoms with Gasteiger partial charge in [-0.1, -0.05) is 207 Å². The molecule has 13 aromatic rings. The molecule has 77 heavy (non-hydrogen) atoms. The number of fused-ring (bicyclic) bond motifs is 7. The van der Waals surface area contributed by atoms with E-state index < -0.39 is 48.3 Å². The maximum Gasteiger partial charge on any atom is 0.269 e. The topological polar surface area (TPSA) is 40.8 Å². The lowest BCUT2D eigenvalue weighted by atomic mass is 9.78. The van der Waals surface area contributed by atoms with Crippen molar-refractivity contribution in [1.82, 2.24) is 18.7 Å². The van der Waals surface area contributed by atoms with Gasteiger partial charge in [0.05, 0.1) is 61.1 Å². The Morgan fingerprint density at radius 1 is 0.532 bits per heavy atom. The van der Waals surface area contributed by atoms with Crippen molar-refractivity contribution >= 4 is 54.6 Å². The smallest absolute Gasteiger partial charge is 0.269 e. The first kappa shape index (κ1) is 39.4. The maximum atomic E-state index is 9.51. The molecule has 0 atom stereocenters. The summed E-state index contributed by atoms with van der Waals surface area (Å²) in [4.78, 5) is 4.94. The van der Waals surface area contributed by atoms with Gasteiger partial charge < -0.3 is 9.30 Å². The molecule has 0 spiro atoms. The van der Waals surface area contributed by atoms with Gasteiger partial charge in [-0.3, -0.25) is 13.7 Å². The summed E-state index contributed by atoms with van der Waals surface area (Å²) in [6.45, 7) is 17.8. The SMILES string of the molecule is [2H]c1c([2H])c([2H])c2c(c1[2H])c1c([2H])c([2H])c([2H])c([2H])c1n2-c1cc(Oc2cccc(-n3[c-][n+](-c4c(-c5ccccc5)cccc4-c4cc(C(C)(C)C)cc(C(C)(C)C)c4)c4ccccc43)c2)cc2c1c1ccccc1n2-c1cc(C(C)C)ccn1. The number of hydrogen-bond acceptors (Lipinski definition) is 2. The predicted molar refractivity (Wildman–Crippen MR) is 319 cm³/mol. The van der Waals surface area contributed by atoms with E-state index in [0.29, 0.717) is 33.9 Å². The van der Waals surface area contributed by atoms with Gasteiger partial charge in [0.2, 0.25) is 0 Å². The molecule has 0 N–H and O–H groups in total. The number of nitrogens with zero attached hydrogens (tertiary/aromatic N) is 5. The Hall–Kier alpha value is -9.00. The number of benzene rings is 9. The van der Waals surface area contributed by atoms with Gasteiger partial charge in [0, 0.05) is 39.9 Å². The van der Waals surface area contributed by atoms with Crippen LogP contribution in [-0.4, -0.2) is 18.7 Å². The van der Waals surface area contributed by atoms with Crippen LogP contribution in [0.5, 0.6) is 11.5 Å². The van der Waals surface area contributed by atoms with Gasteiger partial charge in [-0.15, -0.1) is 0 Å². The van der Waals surface area contributed by atoms with Gasteiger partial charge in [-0.2, -0.15) is 0 Å². The Kier molecular flexibility index (Phi) is 9.41. The van der Waals surface area contributed by atoms with Gasteiger partial charge in [0.15, 0.2) is 0 Å². The molecular weight excluding hydrogens is 939 g/mol. The Balaban J connectivity index is 1.05. The predicted octanol–water partition coefficient (Wildman–Crippen LogP) is 18.1. The summed E-state index contributed by atoms with van der Waals surface area (Å²) < 4.78 is 88.1. The minimum absolute atomic E-state index is 0.00193. The number of pyridine rings is 1. The average Bonchev–Trinajstić information content (AvgIpc) is 1.65. The summed E-state index contributed by atoms with van der Waals surface area (Å²) in [5.41, 5.74) is 13.0. The fourth-order valence-corrected chi connectivity index (χ4v) is 10.9. The van der Waals surface area contributed by atoms with Crippen LogP contribution in [0.15, 0.2) is 218 Å². The highest BCUT2D eigenvalue weighted by Gasteiger charge is 2.26. The largest absolute Gasteiger partial charge is 0.458 e. The fourth-order valence-electron chi connectivity index (χ4n) is 10.9. The number of hydrogen-bond donors (Lipinski definition) is 0. The van der Waals surface area contributed by atoms with Crippen molar-refractivity contribution in [3.8, 4) is 56.6 Å². The molecule has 0 saturated carbocycles. The molecule has 0 amide bonds. The van der Waals surface area contributed by atoms with E-state index in [0.717, 1.165) is 61.1 Å². The molecule has 13 rings (SSSR count). The second-order valence-electron chi connectivity index (χ2n) is 22.3. The lowest BCUT2D eigenvalue weighted by Crippen LogP contribution is -2.31. The number of aromatic nitrogens is 5. The highest BCUT2D eigenvalue weighted by atomic mass is 16.5. The molecule has 376 valence electrons. The quantitative estimate of drug-likeness (QED) is 0.107. The molecular formula is C71H61N5O. The van der Waals surface area contributed by atoms with Crippen molar-refractivity contribution < 1.29 is 20.3 Å². The molecule has 0 aliphatic heterocycles. The van der Waals surface area contributed by atoms with Crippen molar-refractivity contribution in [2.45, 2.75) is 72.1 Å². The van der Waals surface area contributed by atoms with Crippen LogP contribution in [0.1, 0.15) is 89.0 Å². The molecule has 6 nitrogen and oxygen atoms in total. The van der Waals surface area contributed by atoms with E-state index in [1.165, 1.54) is 11.1 Å². The Morgan fingerprint density at radius 2 is 1.17 bits per heavy atom. The van der Waals surface area contributed by atoms with E-state index in [9.17, 15) is 5.48 Å². The number of ether oxygens (including phenoxy) is 1. The van der Waals surface area contributed by atoms with E-state index >= 15 is 0 Å². The fraction of sp³-hybridized carbons (Fsp3) is 0.155. The molecule has 0 saturated heterocycles. The van der Waals surface area contributed by atoms with Crippen molar-refractivity contribution in [2.75, 3.05) is 0 Å². The van der Waals surface area contributed by atoms with Crippen molar-refractivity contribution in [2.24, 2.45) is 0 Å². The van der Waals surface area contributed by atoms with Gasteiger partial charge in [0.25, 0.3) is 6.33 Å². The van der Waals surface area contributed by atoms with Crippen LogP contribution < -0.4 is 9.30 Å². The van der Waals surface area contributed by atoms with E-state index in [-0.39, 0.29) is 38.6 Å². The number of imidazole rings is 1. The van der Waals surface area contributed by atoms with Gasteiger partial charge in [-0.25, -0.2) is 4.98 Å². The van der Waals surface area contributed by atoms with Crippen LogP contribution in [0.25, 0.3) is 99.8 Å². The van der Waals surface area contributed by atoms with E-state index in [4.69, 9.17) is 15.2 Å². The second kappa shape index (κ2) is 18.4. The van der Waals surface area contributed by atoms with E-state index in [2.05, 4.69) is 156 Å². The van der Waals surface area contributed by atoms with Crippen molar-refractivity contribution in [1.29, 1.82) is 0 Å². The zero-order valence-corrected chi connectivity index (χ0v) is 44.4. The van der Waals surface area contributed by atoms with Crippen LogP contribution >= 0.6 is 0 Å². The van der Waals surface area contributed by atoms with Crippen LogP contribution in [0, 0.1) is 6.33 Å². The summed E-state index contributed by atoms with van der Waals surface area (Å²) in [6, 6.07) is 52.1. The molecule has 0 bridgehead atoms. The third-order valence-electron chi connectivity index (χ3n) is 14.9. The molecule has 9 aromatic carbocycles. The third-order valence-corrected chi connectivity index (χ3v) is 14.9. The molecule has 0 unspecified atom stereocenters. The molecule has 0 fully saturated rings. The maximum absolute atomic E-state index is 9.51. The van der Waals surface area contributed by atoms with Gasteiger partial charge in [0.1, 0.15) is 17.3 Å². The lowest BCUT2D eigenvalue weighted by Gasteiger charge is -2.27. The summed E-state index contributed by atoms with van der Waals surface area (Å²) in [5.74, 6) is 1.61. The zero-order chi connectivity index (χ0) is 59.7. The summed E-state index contributed by atoms with van der Waals surface area (Å²) >= 11 is 0. The highest BCUT2D eigenvalue weighted by Crippen LogP contribution is 2.44. The Morgan fingerprint density at radius 3 is 1.87 bits per heavy atom. The van der Waals surface area contributed by atoms with Crippen molar-refractivity contribution in [3.05, 3.63) is 241 Å². The monoisotopic (exact) mass is 1010 g/mol. The molecule has 0 radical (unpaired) electrons. The Bertz CT molecular complexity index is 4800. The minimum Gasteiger partial charge on any atom is -0.458 e. The zero-order valence-electron chi connectivity index (χ0n) is 52.4. The summed E-state index contributed by atoms with van der Waals surface area (Å²) in [5, 5.41) is 1.37. The average molecular weight is 1010 g/mol. The second-order valence-corrected chi connectivity index (χ2v) is 22.3. The first-order valence-electron chi connectivity index (χ1n) is 30.2. The number of para-hydroxylation sites is 6. The molecule has 6 heteroatoms. The van der Waals surface area contributed by atoms with E-state index in [1.54, 1.807) is 16.8 Å². The van der Waals surface area contributed by atoms with Crippen LogP contribution in [0.4, 0.5) is 0 Å². The highest BCUT2D eigenvalue weighted by molar-refractivity contribution is 6.16. The first-order valence-corrected chi connectivity index (χ1v) is 26.2. The van der Waals surface area contributed by atoms with Gasteiger partial charge in [-0.05, 0) is 104 Å². The summed E-state index contributed by atoms with van der Waals surface area (Å²) in [7, 11) is 0. The van der Waals surface area contributed by atoms with E-state index in [1.807, 2.05) is 77.4 Å². The molecule has 0 aliphatic carbocycles. The lowest BCUT2D eigenvalue weighted by molar-refractivity contribution is -0.571. The minimum atomic E-state index is -0.515. The normalized spacial score (nSPS) is 13.7. The standard InChI is InChI=1S/C71H61N5O/c1-46(2)48-36-37-72-67(40-48)76-62-33-17-14-28-59(62)68-65(75-60-31-15-12-26-57(60)58-27-13-16-32-61(58)75)43-54(44-66(68)76)77-53-25-20-24-52(42-53)73-45-74(64-35-19-18-34-63(64)73)69-55(47-22-10-9-11-23-47)29-21-30-56(69)49-38-50(70(3,4)5)41-51(39-49)71(6,7)8/h9-44,46H,1-8H3/i12D,13D,15D,16D,26D,27D,31D,32D. The molecule has 4 heterocycles. The van der Waals surface area contributed by atoms with Crippen LogP contribution in [-0.2, 0) is 10.8 Å². The van der Waals surface area contributed by atoms with Crippen LogP contribution in [0.2, 0.25) is 0 Å². The van der Waals surface area contributed by atoms with Crippen LogP contribution in [0.3, 0.4) is 0 Å². The third kappa shape index (κ3) is 8.27.